The number of esters is 1. The number of nitrogens with two attached hydrogens (primary N) is 1. The molecule has 0 unspecified atom stereocenters. The first kappa shape index (κ1) is 9.06. The van der Waals surface area contributed by atoms with E-state index in [2.05, 4.69) is 0 Å². The van der Waals surface area contributed by atoms with Gasteiger partial charge in [0.05, 0.1) is 11.6 Å². The van der Waals surface area contributed by atoms with Gasteiger partial charge in [0.15, 0.2) is 0 Å². The maximum atomic E-state index is 11.1. The second-order valence-electron chi connectivity index (χ2n) is 2.34. The molecule has 1 rings (SSSR count). The average molecular weight is 185 g/mol. The van der Waals surface area contributed by atoms with Gasteiger partial charge in [-0.3, -0.25) is 0 Å². The Morgan fingerprint density at radius 3 is 2.92 bits per heavy atom. The fourth-order valence-electron chi connectivity index (χ4n) is 0.728. The Bertz CT molecular complexity index is 270. The van der Waals surface area contributed by atoms with Gasteiger partial charge in [-0.2, -0.15) is 0 Å². The van der Waals surface area contributed by atoms with Crippen LogP contribution in [0.15, 0.2) is 12.1 Å². The van der Waals surface area contributed by atoms with Gasteiger partial charge in [0.1, 0.15) is 4.88 Å². The highest BCUT2D eigenvalue weighted by Crippen LogP contribution is 2.18. The van der Waals surface area contributed by atoms with Crippen LogP contribution in [-0.2, 0) is 4.74 Å². The average Bonchev–Trinajstić information content (AvgIpc) is 2.47. The quantitative estimate of drug-likeness (QED) is 0.732. The van der Waals surface area contributed by atoms with Crippen molar-refractivity contribution in [3.63, 3.8) is 0 Å². The zero-order valence-electron chi connectivity index (χ0n) is 6.87. The Balaban J connectivity index is 2.53. The van der Waals surface area contributed by atoms with Gasteiger partial charge in [0, 0.05) is 0 Å². The van der Waals surface area contributed by atoms with Crippen LogP contribution in [-0.4, -0.2) is 12.6 Å². The van der Waals surface area contributed by atoms with E-state index in [9.17, 15) is 4.79 Å². The molecule has 0 aliphatic carbocycles. The number of thiophene rings is 1. The predicted molar refractivity (Wildman–Crippen MR) is 49.3 cm³/mol. The van der Waals surface area contributed by atoms with Crippen molar-refractivity contribution in [2.75, 3.05) is 12.3 Å². The Kier molecular flexibility index (Phi) is 3.10. The maximum absolute atomic E-state index is 11.1. The SMILES string of the molecule is CCCOC(=O)c1ccc(N)s1. The summed E-state index contributed by atoms with van der Waals surface area (Å²) < 4.78 is 4.91. The summed E-state index contributed by atoms with van der Waals surface area (Å²) in [6, 6.07) is 3.38. The van der Waals surface area contributed by atoms with Gasteiger partial charge in [-0.1, -0.05) is 6.92 Å². The van der Waals surface area contributed by atoms with Crippen LogP contribution in [0.2, 0.25) is 0 Å². The lowest BCUT2D eigenvalue weighted by Gasteiger charge is -1.98. The molecule has 0 aliphatic rings. The molecule has 0 amide bonds. The maximum Gasteiger partial charge on any atom is 0.348 e. The second kappa shape index (κ2) is 4.11. The number of carbonyl (C=O) groups excluding carboxylic acids is 1. The largest absolute Gasteiger partial charge is 0.462 e. The molecule has 0 radical (unpaired) electrons. The molecule has 0 aliphatic heterocycles. The van der Waals surface area contributed by atoms with Crippen LogP contribution in [0.3, 0.4) is 0 Å². The molecule has 2 N–H and O–H groups in total. The van der Waals surface area contributed by atoms with Gasteiger partial charge in [0.25, 0.3) is 0 Å². The van der Waals surface area contributed by atoms with Crippen LogP contribution >= 0.6 is 11.3 Å². The van der Waals surface area contributed by atoms with Gasteiger partial charge < -0.3 is 10.5 Å². The molecule has 0 spiro atoms. The van der Waals surface area contributed by atoms with E-state index in [1.165, 1.54) is 11.3 Å². The summed E-state index contributed by atoms with van der Waals surface area (Å²) in [6.07, 6.45) is 0.840. The molecule has 1 heterocycles. The van der Waals surface area contributed by atoms with Crippen molar-refractivity contribution < 1.29 is 9.53 Å². The number of anilines is 1. The molecule has 3 nitrogen and oxygen atoms in total. The van der Waals surface area contributed by atoms with Crippen LogP contribution in [0.5, 0.6) is 0 Å². The minimum Gasteiger partial charge on any atom is -0.462 e. The Morgan fingerprint density at radius 2 is 2.42 bits per heavy atom. The van der Waals surface area contributed by atoms with Crippen molar-refractivity contribution in [2.45, 2.75) is 13.3 Å². The van der Waals surface area contributed by atoms with Crippen LogP contribution in [0, 0.1) is 0 Å². The topological polar surface area (TPSA) is 52.3 Å². The summed E-state index contributed by atoms with van der Waals surface area (Å²) in [4.78, 5) is 11.7. The molecule has 1 aromatic rings. The fourth-order valence-corrected chi connectivity index (χ4v) is 1.40. The second-order valence-corrected chi connectivity index (χ2v) is 3.45. The summed E-state index contributed by atoms with van der Waals surface area (Å²) >= 11 is 1.25. The zero-order valence-corrected chi connectivity index (χ0v) is 7.69. The lowest BCUT2D eigenvalue weighted by atomic mass is 10.4. The van der Waals surface area contributed by atoms with Crippen LogP contribution in [0.1, 0.15) is 23.0 Å². The lowest BCUT2D eigenvalue weighted by molar-refractivity contribution is 0.0511. The van der Waals surface area contributed by atoms with E-state index in [1.807, 2.05) is 6.92 Å². The Hall–Kier alpha value is -1.03. The molecule has 4 heteroatoms. The molecular weight excluding hydrogens is 174 g/mol. The van der Waals surface area contributed by atoms with Crippen molar-refractivity contribution in [1.82, 2.24) is 0 Å². The van der Waals surface area contributed by atoms with E-state index in [1.54, 1.807) is 12.1 Å². The number of ether oxygens (including phenoxy) is 1. The Labute approximate surface area is 75.1 Å². The standard InChI is InChI=1S/C8H11NO2S/c1-2-5-11-8(10)6-3-4-7(9)12-6/h3-4H,2,5,9H2,1H3. The Morgan fingerprint density at radius 1 is 1.67 bits per heavy atom. The highest BCUT2D eigenvalue weighted by Gasteiger charge is 2.08. The third-order valence-corrected chi connectivity index (χ3v) is 2.16. The summed E-state index contributed by atoms with van der Waals surface area (Å²) in [6.45, 7) is 2.42. The normalized spacial score (nSPS) is 9.75. The van der Waals surface area contributed by atoms with Crippen molar-refractivity contribution in [2.24, 2.45) is 0 Å². The smallest absolute Gasteiger partial charge is 0.348 e. The molecule has 66 valence electrons. The minimum atomic E-state index is -0.279. The third kappa shape index (κ3) is 2.23. The summed E-state index contributed by atoms with van der Waals surface area (Å²) in [5.74, 6) is -0.279. The molecule has 1 aromatic heterocycles. The van der Waals surface area contributed by atoms with Crippen LogP contribution in [0.4, 0.5) is 5.00 Å². The molecule has 12 heavy (non-hydrogen) atoms. The van der Waals surface area contributed by atoms with E-state index < -0.39 is 0 Å². The number of hydrogen-bond donors (Lipinski definition) is 1. The van der Waals surface area contributed by atoms with E-state index >= 15 is 0 Å². The number of nitrogen functional groups attached to an aromatic ring is 1. The van der Waals surface area contributed by atoms with E-state index in [0.717, 1.165) is 6.42 Å². The monoisotopic (exact) mass is 185 g/mol. The number of hydrogen-bond acceptors (Lipinski definition) is 4. The highest BCUT2D eigenvalue weighted by atomic mass is 32.1. The van der Waals surface area contributed by atoms with Crippen LogP contribution < -0.4 is 5.73 Å². The zero-order chi connectivity index (χ0) is 8.97. The van der Waals surface area contributed by atoms with Gasteiger partial charge in [-0.15, -0.1) is 11.3 Å². The lowest BCUT2D eigenvalue weighted by Crippen LogP contribution is -2.03. The summed E-state index contributed by atoms with van der Waals surface area (Å²) in [5, 5.41) is 0.637. The van der Waals surface area contributed by atoms with Crippen molar-refractivity contribution in [3.8, 4) is 0 Å². The van der Waals surface area contributed by atoms with Gasteiger partial charge in [0.2, 0.25) is 0 Å². The van der Waals surface area contributed by atoms with Gasteiger partial charge in [-0.05, 0) is 18.6 Å². The highest BCUT2D eigenvalue weighted by molar-refractivity contribution is 7.17. The van der Waals surface area contributed by atoms with Gasteiger partial charge in [-0.25, -0.2) is 4.79 Å². The van der Waals surface area contributed by atoms with E-state index in [4.69, 9.17) is 10.5 Å². The van der Waals surface area contributed by atoms with Crippen molar-refractivity contribution in [1.29, 1.82) is 0 Å². The molecule has 0 saturated heterocycles. The summed E-state index contributed by atoms with van der Waals surface area (Å²) in [5.41, 5.74) is 5.46. The van der Waals surface area contributed by atoms with Crippen molar-refractivity contribution >= 4 is 22.3 Å². The first-order chi connectivity index (χ1) is 5.74. The summed E-state index contributed by atoms with van der Waals surface area (Å²) in [7, 11) is 0. The molecule has 0 saturated carbocycles. The van der Waals surface area contributed by atoms with Crippen LogP contribution in [0.25, 0.3) is 0 Å². The number of carbonyl (C=O) groups is 1. The molecule has 0 aromatic carbocycles. The molecular formula is C8H11NO2S. The van der Waals surface area contributed by atoms with Gasteiger partial charge >= 0.3 is 5.97 Å². The predicted octanol–water partition coefficient (Wildman–Crippen LogP) is 1.90. The third-order valence-electron chi connectivity index (χ3n) is 1.27. The number of rotatable bonds is 3. The first-order valence-corrected chi connectivity index (χ1v) is 4.58. The molecule has 0 atom stereocenters. The first-order valence-electron chi connectivity index (χ1n) is 3.76. The molecule has 0 bridgehead atoms. The van der Waals surface area contributed by atoms with E-state index in [0.29, 0.717) is 16.5 Å². The fraction of sp³-hybridized carbons (Fsp3) is 0.375. The van der Waals surface area contributed by atoms with E-state index in [-0.39, 0.29) is 5.97 Å². The minimum absolute atomic E-state index is 0.279. The van der Waals surface area contributed by atoms with Crippen molar-refractivity contribution in [3.05, 3.63) is 17.0 Å². The molecule has 0 fully saturated rings.